The standard InChI is InChI=1S/C30H38N2O5.2C27H34N2O5.C24H29N3O4.4BrH/c1-22-11-9-17-26(30(35)36-2)28(22)31-27(33)21-32(19-23-12-5-3-6-13-23)18-10-14-24(20-32)29(34)37-25-15-7-4-8-16-25;1-19(2)34-26(31)22-13-9-15-29(17-22,16-21-11-6-5-7-12-21)18-24(30)28-25-20(3)10-8-14-23(25)27(32)33-4;1-4-16-34-26(31)22-13-9-15-29(18-22,17-21-11-6-5-7-12-21)19-24(30)28-25-20(2)10-8-14-23(25)27(32)33-3;1-17-8-6-12-20(24(30)31-2)22(17)26-21(28)16-27(14-18-9-4-3-5-10-18)13-7-11-19(15-27)23(25)29;;;;/h3,5-6,9,11-13,17,24-25H,4,7-8,10,14-16,18-21H2,1-2H3;5-8,10-12,14,19,22H,9,13,15-18H2,1-4H3;5-8,10-12,14,22H,4,9,13,15-19H2,1-3H3;3-6,8-10,12,19H,7,11,13-16H2,1-2H3,(H2-,25,26,28,29,30);4*1H. The molecule has 4 heterocycles. The molecule has 140 heavy (non-hydrogen) atoms. The van der Waals surface area contributed by atoms with Gasteiger partial charge in [-0.2, -0.15) is 0 Å². The van der Waals surface area contributed by atoms with Crippen molar-refractivity contribution in [2.45, 2.75) is 177 Å². The van der Waals surface area contributed by atoms with Gasteiger partial charge in [-0.25, -0.2) is 19.2 Å². The second kappa shape index (κ2) is 57.9. The number of halogens is 4. The van der Waals surface area contributed by atoms with Crippen molar-refractivity contribution < 1.29 is 177 Å². The lowest BCUT2D eigenvalue weighted by Crippen LogP contribution is -3.00. The molecule has 6 N–H and O–H groups in total. The van der Waals surface area contributed by atoms with Crippen molar-refractivity contribution in [3.05, 3.63) is 261 Å². The first-order chi connectivity index (χ1) is 65.3. The Morgan fingerprint density at radius 3 is 0.864 bits per heavy atom. The van der Waals surface area contributed by atoms with Gasteiger partial charge in [-0.15, -0.1) is 0 Å². The van der Waals surface area contributed by atoms with E-state index in [2.05, 4.69) is 33.4 Å². The topological polar surface area (TPSA) is 344 Å². The first kappa shape index (κ1) is 118. The number of esters is 7. The Bertz CT molecular complexity index is 5430. The number of nitrogens with two attached hydrogens (primary N) is 1. The highest BCUT2D eigenvalue weighted by Gasteiger charge is 2.46. The predicted octanol–water partition coefficient (Wildman–Crippen LogP) is 3.87. The molecule has 5 amide bonds. The monoisotopic (exact) mass is 2180 g/mol. The summed E-state index contributed by atoms with van der Waals surface area (Å²) in [7, 11) is 5.28. The third-order valence-electron chi connectivity index (χ3n) is 26.3. The Balaban J connectivity index is 0.000000284. The number of nitrogens with zero attached hydrogens (tertiary/aromatic N) is 4. The molecule has 5 fully saturated rings. The molecule has 8 aromatic rings. The van der Waals surface area contributed by atoms with Gasteiger partial charge in [-0.1, -0.05) is 183 Å². The van der Waals surface area contributed by atoms with Gasteiger partial charge in [0.15, 0.2) is 26.2 Å². The van der Waals surface area contributed by atoms with Gasteiger partial charge >= 0.3 is 41.8 Å². The summed E-state index contributed by atoms with van der Waals surface area (Å²) < 4.78 is 38.3. The zero-order valence-corrected chi connectivity index (χ0v) is 88.8. The van der Waals surface area contributed by atoms with Gasteiger partial charge in [-0.05, 0) is 172 Å². The quantitative estimate of drug-likeness (QED) is 0.0227. The smallest absolute Gasteiger partial charge is 0.339 e. The molecule has 1 aliphatic carbocycles. The molecule has 0 spiro atoms. The molecule has 0 radical (unpaired) electrons. The molecule has 0 aromatic heterocycles. The van der Waals surface area contributed by atoms with E-state index in [9.17, 15) is 57.5 Å². The molecular weight excluding hydrogens is 2050 g/mol. The van der Waals surface area contributed by atoms with Crippen molar-refractivity contribution in [1.29, 1.82) is 0 Å². The molecule has 5 aliphatic rings. The maximum absolute atomic E-state index is 13.5. The summed E-state index contributed by atoms with van der Waals surface area (Å²) in [6, 6.07) is 61.1. The number of methoxy groups -OCH3 is 4. The summed E-state index contributed by atoms with van der Waals surface area (Å²) in [5.74, 6) is -4.55. The number of amides is 5. The number of rotatable bonds is 32. The lowest BCUT2D eigenvalue weighted by atomic mass is 9.93. The number of anilines is 4. The fourth-order valence-corrected chi connectivity index (χ4v) is 19.8. The number of primary amides is 1. The molecule has 8 unspecified atom stereocenters. The minimum Gasteiger partial charge on any atom is -1.00 e. The Hall–Kier alpha value is -10.8. The number of hydrogen-bond donors (Lipinski definition) is 5. The van der Waals surface area contributed by atoms with Crippen LogP contribution in [0.5, 0.6) is 0 Å². The number of carbonyl (C=O) groups excluding carboxylic acids is 12. The number of ether oxygens (including phenoxy) is 7. The van der Waals surface area contributed by atoms with Crippen LogP contribution in [0.15, 0.2) is 194 Å². The first-order valence-electron chi connectivity index (χ1n) is 47.7. The maximum atomic E-state index is 13.5. The average molecular weight is 2190 g/mol. The summed E-state index contributed by atoms with van der Waals surface area (Å²) in [5.41, 5.74) is 16.4. The molecule has 0 bridgehead atoms. The number of quaternary nitrogens is 4. The Morgan fingerprint density at radius 2 is 0.600 bits per heavy atom. The van der Waals surface area contributed by atoms with Crippen LogP contribution >= 0.6 is 0 Å². The Labute approximate surface area is 866 Å². The minimum absolute atomic E-state index is 0. The third-order valence-corrected chi connectivity index (χ3v) is 26.3. The molecule has 4 saturated heterocycles. The van der Waals surface area contributed by atoms with E-state index in [-0.39, 0.29) is 177 Å². The van der Waals surface area contributed by atoms with E-state index >= 15 is 0 Å². The zero-order valence-electron chi connectivity index (χ0n) is 82.5. The molecule has 8 aromatic carbocycles. The molecule has 28 nitrogen and oxygen atoms in total. The summed E-state index contributed by atoms with van der Waals surface area (Å²) >= 11 is 0. The molecule has 1 saturated carbocycles. The molecule has 13 rings (SSSR count). The van der Waals surface area contributed by atoms with E-state index in [0.717, 1.165) is 154 Å². The van der Waals surface area contributed by atoms with E-state index in [4.69, 9.17) is 38.9 Å². The van der Waals surface area contributed by atoms with Crippen LogP contribution in [0.25, 0.3) is 0 Å². The van der Waals surface area contributed by atoms with Crippen molar-refractivity contribution in [2.75, 3.05) is 135 Å². The predicted molar refractivity (Wildman–Crippen MR) is 520 cm³/mol. The Kier molecular flexibility index (Phi) is 48.8. The van der Waals surface area contributed by atoms with Gasteiger partial charge in [-0.3, -0.25) is 38.4 Å². The van der Waals surface area contributed by atoms with Crippen molar-refractivity contribution in [2.24, 2.45) is 29.4 Å². The van der Waals surface area contributed by atoms with Crippen LogP contribution in [-0.4, -0.2) is 215 Å². The average Bonchev–Trinajstić information content (AvgIpc) is 0.800. The number of benzene rings is 8. The van der Waals surface area contributed by atoms with Crippen molar-refractivity contribution in [3.63, 3.8) is 0 Å². The van der Waals surface area contributed by atoms with E-state index in [0.29, 0.717) is 122 Å². The van der Waals surface area contributed by atoms with Crippen LogP contribution in [0.4, 0.5) is 22.7 Å². The number of para-hydroxylation sites is 4. The second-order valence-corrected chi connectivity index (χ2v) is 37.5. The fourth-order valence-electron chi connectivity index (χ4n) is 19.8. The van der Waals surface area contributed by atoms with Crippen LogP contribution in [0, 0.1) is 51.4 Å². The van der Waals surface area contributed by atoms with Crippen LogP contribution in [-0.2, 0) is 97.7 Å². The summed E-state index contributed by atoms with van der Waals surface area (Å²) in [4.78, 5) is 153. The van der Waals surface area contributed by atoms with Crippen LogP contribution < -0.4 is 94.9 Å². The highest BCUT2D eigenvalue weighted by atomic mass is 79.9. The SMILES string of the molecule is CCCOC(=O)C1CCC[N+](CC(=O)Nc2c(C)cccc2C(=O)OC)(Cc2ccccc2)C1.COC(=O)c1cccc(C)c1NC(=O)C[N+]1(Cc2ccccc2)CCCC(C(=O)OC(C)C)C1.COC(=O)c1cccc(C)c1NC(=O)C[N+]1(Cc2ccccc2)CCCC(C(=O)OC2CCCCC2)C1.COC(=O)c1cccc(C)c1NC(=O)C[N+]1(Cc2ccccc2)CCCC(C(N)=O)C1.[Br-].[Br-].[Br-].[Br-]. The second-order valence-electron chi connectivity index (χ2n) is 37.5. The van der Waals surface area contributed by atoms with Gasteiger partial charge in [0.25, 0.3) is 23.6 Å². The van der Waals surface area contributed by atoms with Gasteiger partial charge in [0.2, 0.25) is 5.91 Å². The third kappa shape index (κ3) is 34.8. The number of hydrogen-bond acceptors (Lipinski definition) is 19. The summed E-state index contributed by atoms with van der Waals surface area (Å²) in [6.07, 6.45) is 12.4. The molecule has 4 aliphatic heterocycles. The molecule has 8 atom stereocenters. The lowest BCUT2D eigenvalue weighted by Gasteiger charge is -2.43. The lowest BCUT2D eigenvalue weighted by molar-refractivity contribution is -0.940. The van der Waals surface area contributed by atoms with Crippen molar-refractivity contribution in [3.8, 4) is 0 Å². The number of likely N-dealkylation sites (tertiary alicyclic amines) is 4. The molecule has 758 valence electrons. The number of aryl methyl sites for hydroxylation is 4. The fraction of sp³-hybridized carbons (Fsp3) is 0.444. The van der Waals surface area contributed by atoms with E-state index in [1.807, 2.05) is 182 Å². The zero-order chi connectivity index (χ0) is 98.0. The number of nitrogens with one attached hydrogen (secondary N) is 4. The normalized spacial score (nSPS) is 20.1. The molecular formula is C108H139Br4N9O19. The maximum Gasteiger partial charge on any atom is 0.339 e. The van der Waals surface area contributed by atoms with Gasteiger partial charge in [0, 0.05) is 22.3 Å². The van der Waals surface area contributed by atoms with Crippen LogP contribution in [0.2, 0.25) is 0 Å². The van der Waals surface area contributed by atoms with Gasteiger partial charge in [0.1, 0.15) is 50.0 Å². The van der Waals surface area contributed by atoms with Gasteiger partial charge in [0.05, 0.1) is 144 Å². The number of piperidine rings is 4. The summed E-state index contributed by atoms with van der Waals surface area (Å²) in [6.45, 7) is 22.1. The summed E-state index contributed by atoms with van der Waals surface area (Å²) in [5, 5.41) is 11.8. The van der Waals surface area contributed by atoms with E-state index in [1.165, 1.54) is 34.9 Å². The highest BCUT2D eigenvalue weighted by molar-refractivity contribution is 6.05. The molecule has 32 heteroatoms. The van der Waals surface area contributed by atoms with Crippen molar-refractivity contribution in [1.82, 2.24) is 0 Å². The van der Waals surface area contributed by atoms with Gasteiger partial charge < -0.3 is 146 Å². The largest absolute Gasteiger partial charge is 1.00 e. The highest BCUT2D eigenvalue weighted by Crippen LogP contribution is 2.36. The van der Waals surface area contributed by atoms with E-state index < -0.39 is 23.9 Å². The Morgan fingerprint density at radius 1 is 0.336 bits per heavy atom. The van der Waals surface area contributed by atoms with Crippen molar-refractivity contribution >= 4 is 94.1 Å². The van der Waals surface area contributed by atoms with Crippen LogP contribution in [0.1, 0.15) is 197 Å². The minimum atomic E-state index is -0.501. The first-order valence-corrected chi connectivity index (χ1v) is 47.7. The van der Waals surface area contributed by atoms with E-state index in [1.54, 1.807) is 48.5 Å². The number of carbonyl (C=O) groups is 12. The van der Waals surface area contributed by atoms with Crippen LogP contribution in [0.3, 0.4) is 0 Å².